The summed E-state index contributed by atoms with van der Waals surface area (Å²) >= 11 is 0. The lowest BCUT2D eigenvalue weighted by atomic mass is 10.0. The van der Waals surface area contributed by atoms with Gasteiger partial charge in [0.25, 0.3) is 5.91 Å². The number of nitrogens with zero attached hydrogens (tertiary/aromatic N) is 3. The molecule has 0 unspecified atom stereocenters. The van der Waals surface area contributed by atoms with E-state index in [1.54, 1.807) is 21.9 Å². The van der Waals surface area contributed by atoms with Gasteiger partial charge in [-0.1, -0.05) is 13.8 Å². The van der Waals surface area contributed by atoms with E-state index in [0.29, 0.717) is 44.4 Å². The molecule has 0 saturated carbocycles. The van der Waals surface area contributed by atoms with Gasteiger partial charge in [0.05, 0.1) is 18.7 Å². The fourth-order valence-corrected chi connectivity index (χ4v) is 3.68. The average molecular weight is 376 g/mol. The molecule has 3 heterocycles. The molecular formula is C19H28N4O4. The third-order valence-electron chi connectivity index (χ3n) is 5.06. The van der Waals surface area contributed by atoms with Crippen LogP contribution in [-0.2, 0) is 9.59 Å². The molecule has 0 bridgehead atoms. The molecule has 2 fully saturated rings. The quantitative estimate of drug-likeness (QED) is 0.805. The van der Waals surface area contributed by atoms with E-state index in [2.05, 4.69) is 24.1 Å². The number of rotatable bonds is 5. The Morgan fingerprint density at radius 1 is 1.19 bits per heavy atom. The van der Waals surface area contributed by atoms with Crippen molar-refractivity contribution in [2.75, 3.05) is 45.8 Å². The van der Waals surface area contributed by atoms with Crippen molar-refractivity contribution in [3.63, 3.8) is 0 Å². The number of nitrogens with one attached hydrogen (secondary N) is 1. The minimum atomic E-state index is -0.406. The molecule has 2 aliphatic heterocycles. The van der Waals surface area contributed by atoms with Gasteiger partial charge in [0.2, 0.25) is 11.8 Å². The summed E-state index contributed by atoms with van der Waals surface area (Å²) in [5.74, 6) is 0.502. The summed E-state index contributed by atoms with van der Waals surface area (Å²) < 4.78 is 5.16. The molecule has 27 heavy (non-hydrogen) atoms. The van der Waals surface area contributed by atoms with E-state index >= 15 is 0 Å². The molecule has 8 heteroatoms. The van der Waals surface area contributed by atoms with Gasteiger partial charge in [0.15, 0.2) is 5.76 Å². The minimum absolute atomic E-state index is 0.0316. The van der Waals surface area contributed by atoms with E-state index in [1.165, 1.54) is 6.26 Å². The summed E-state index contributed by atoms with van der Waals surface area (Å²) in [5.41, 5.74) is 0. The lowest BCUT2D eigenvalue weighted by Crippen LogP contribution is -2.58. The zero-order valence-corrected chi connectivity index (χ0v) is 16.0. The highest BCUT2D eigenvalue weighted by Crippen LogP contribution is 2.15. The van der Waals surface area contributed by atoms with Gasteiger partial charge in [-0.25, -0.2) is 0 Å². The summed E-state index contributed by atoms with van der Waals surface area (Å²) in [4.78, 5) is 42.9. The summed E-state index contributed by atoms with van der Waals surface area (Å²) in [6.07, 6.45) is 1.66. The SMILES string of the molecule is CC(C)CN1CCNC(=O)[C@H]1CC(=O)N1CCN(C(=O)c2ccco2)CC1. The highest BCUT2D eigenvalue weighted by Gasteiger charge is 2.34. The van der Waals surface area contributed by atoms with Crippen LogP contribution < -0.4 is 5.32 Å². The van der Waals surface area contributed by atoms with Gasteiger partial charge < -0.3 is 19.5 Å². The van der Waals surface area contributed by atoms with Crippen molar-refractivity contribution in [3.05, 3.63) is 24.2 Å². The Morgan fingerprint density at radius 2 is 1.89 bits per heavy atom. The van der Waals surface area contributed by atoms with Gasteiger partial charge in [-0.05, 0) is 18.1 Å². The first-order chi connectivity index (χ1) is 13.0. The molecule has 1 N–H and O–H groups in total. The van der Waals surface area contributed by atoms with Gasteiger partial charge in [0.1, 0.15) is 0 Å². The van der Waals surface area contributed by atoms with Crippen molar-refractivity contribution in [2.45, 2.75) is 26.3 Å². The van der Waals surface area contributed by atoms with Crippen molar-refractivity contribution in [2.24, 2.45) is 5.92 Å². The van der Waals surface area contributed by atoms with Crippen LogP contribution in [-0.4, -0.2) is 84.3 Å². The molecule has 1 aromatic rings. The number of furan rings is 1. The second kappa shape index (κ2) is 8.56. The molecule has 3 amide bonds. The van der Waals surface area contributed by atoms with Crippen LogP contribution in [0.15, 0.2) is 22.8 Å². The largest absolute Gasteiger partial charge is 0.459 e. The van der Waals surface area contributed by atoms with Crippen LogP contribution in [0.25, 0.3) is 0 Å². The number of carbonyl (C=O) groups excluding carboxylic acids is 3. The minimum Gasteiger partial charge on any atom is -0.459 e. The zero-order valence-electron chi connectivity index (χ0n) is 16.0. The highest BCUT2D eigenvalue weighted by atomic mass is 16.3. The van der Waals surface area contributed by atoms with E-state index in [4.69, 9.17) is 4.42 Å². The summed E-state index contributed by atoms with van der Waals surface area (Å²) in [6, 6.07) is 2.92. The molecule has 148 valence electrons. The molecule has 0 aromatic carbocycles. The van der Waals surface area contributed by atoms with Crippen LogP contribution >= 0.6 is 0 Å². The second-order valence-corrected chi connectivity index (χ2v) is 7.55. The van der Waals surface area contributed by atoms with E-state index in [0.717, 1.165) is 13.1 Å². The molecule has 0 radical (unpaired) electrons. The maximum atomic E-state index is 12.7. The first-order valence-electron chi connectivity index (χ1n) is 9.58. The lowest BCUT2D eigenvalue weighted by molar-refractivity contribution is -0.140. The van der Waals surface area contributed by atoms with E-state index < -0.39 is 6.04 Å². The third-order valence-corrected chi connectivity index (χ3v) is 5.06. The average Bonchev–Trinajstić information content (AvgIpc) is 3.18. The Morgan fingerprint density at radius 3 is 2.52 bits per heavy atom. The monoisotopic (exact) mass is 376 g/mol. The molecule has 1 atom stereocenters. The Hall–Kier alpha value is -2.35. The number of piperazine rings is 2. The number of carbonyl (C=O) groups is 3. The van der Waals surface area contributed by atoms with E-state index in [1.807, 2.05) is 0 Å². The fourth-order valence-electron chi connectivity index (χ4n) is 3.68. The van der Waals surface area contributed by atoms with E-state index in [9.17, 15) is 14.4 Å². The van der Waals surface area contributed by atoms with Crippen molar-refractivity contribution in [3.8, 4) is 0 Å². The van der Waals surface area contributed by atoms with Crippen LogP contribution in [0.2, 0.25) is 0 Å². The molecule has 1 aromatic heterocycles. The van der Waals surface area contributed by atoms with Gasteiger partial charge in [-0.15, -0.1) is 0 Å². The van der Waals surface area contributed by atoms with Gasteiger partial charge in [-0.2, -0.15) is 0 Å². The van der Waals surface area contributed by atoms with Crippen molar-refractivity contribution >= 4 is 17.7 Å². The predicted octanol–water partition coefficient (Wildman–Crippen LogP) is 0.411. The lowest BCUT2D eigenvalue weighted by Gasteiger charge is -2.38. The summed E-state index contributed by atoms with van der Waals surface area (Å²) in [5, 5.41) is 2.87. The van der Waals surface area contributed by atoms with Crippen LogP contribution in [0, 0.1) is 5.92 Å². The first-order valence-corrected chi connectivity index (χ1v) is 9.58. The van der Waals surface area contributed by atoms with E-state index in [-0.39, 0.29) is 24.1 Å². The predicted molar refractivity (Wildman–Crippen MR) is 99.0 cm³/mol. The van der Waals surface area contributed by atoms with Crippen LogP contribution in [0.5, 0.6) is 0 Å². The summed E-state index contributed by atoms with van der Waals surface area (Å²) in [6.45, 7) is 8.32. The normalized spacial score (nSPS) is 21.4. The number of amides is 3. The number of hydrogen-bond donors (Lipinski definition) is 1. The molecule has 3 rings (SSSR count). The molecule has 0 spiro atoms. The Labute approximate surface area is 159 Å². The molecule has 2 aliphatic rings. The molecule has 8 nitrogen and oxygen atoms in total. The third kappa shape index (κ3) is 4.68. The molecule has 2 saturated heterocycles. The van der Waals surface area contributed by atoms with Gasteiger partial charge in [0, 0.05) is 45.8 Å². The molecular weight excluding hydrogens is 348 g/mol. The maximum Gasteiger partial charge on any atom is 0.289 e. The fraction of sp³-hybridized carbons (Fsp3) is 0.632. The van der Waals surface area contributed by atoms with Gasteiger partial charge in [-0.3, -0.25) is 19.3 Å². The first kappa shape index (κ1) is 19.4. The van der Waals surface area contributed by atoms with Crippen LogP contribution in [0.3, 0.4) is 0 Å². The number of hydrogen-bond acceptors (Lipinski definition) is 5. The van der Waals surface area contributed by atoms with Crippen molar-refractivity contribution in [1.82, 2.24) is 20.0 Å². The Bertz CT molecular complexity index is 665. The molecule has 0 aliphatic carbocycles. The Balaban J connectivity index is 1.54. The standard InChI is InChI=1S/C19H28N4O4/c1-14(2)13-23-6-5-20-18(25)15(23)12-17(24)21-7-9-22(10-8-21)19(26)16-4-3-11-27-16/h3-4,11,14-15H,5-10,12-13H2,1-2H3,(H,20,25)/t15-/m1/s1. The topological polar surface area (TPSA) is 86.1 Å². The van der Waals surface area contributed by atoms with Crippen molar-refractivity contribution in [1.29, 1.82) is 0 Å². The second-order valence-electron chi connectivity index (χ2n) is 7.55. The van der Waals surface area contributed by atoms with Gasteiger partial charge >= 0.3 is 0 Å². The summed E-state index contributed by atoms with van der Waals surface area (Å²) in [7, 11) is 0. The van der Waals surface area contributed by atoms with Crippen LogP contribution in [0.1, 0.15) is 30.8 Å². The zero-order chi connectivity index (χ0) is 19.4. The maximum absolute atomic E-state index is 12.7. The highest BCUT2D eigenvalue weighted by molar-refractivity contribution is 5.92. The Kier molecular flexibility index (Phi) is 6.15. The van der Waals surface area contributed by atoms with Crippen molar-refractivity contribution < 1.29 is 18.8 Å². The smallest absolute Gasteiger partial charge is 0.289 e. The van der Waals surface area contributed by atoms with Crippen LogP contribution in [0.4, 0.5) is 0 Å².